The van der Waals surface area contributed by atoms with Crippen LogP contribution in [-0.4, -0.2) is 14.8 Å². The molecule has 0 aliphatic heterocycles. The topological polar surface area (TPSA) is 30.7 Å². The number of nitrogens with zero attached hydrogens (tertiary/aromatic N) is 3. The molecule has 0 aliphatic carbocycles. The Morgan fingerprint density at radius 3 is 2.26 bits per heavy atom. The van der Waals surface area contributed by atoms with Gasteiger partial charge in [-0.2, -0.15) is 5.10 Å². The summed E-state index contributed by atoms with van der Waals surface area (Å²) in [6.07, 6.45) is 1.49. The number of hydrogen-bond donors (Lipinski definition) is 0. The summed E-state index contributed by atoms with van der Waals surface area (Å²) in [7, 11) is 0. The zero-order chi connectivity index (χ0) is 14.3. The smallest absolute Gasteiger partial charge is 0.221 e. The molecule has 2 aromatic rings. The van der Waals surface area contributed by atoms with Gasteiger partial charge in [-0.25, -0.2) is 9.67 Å². The molecule has 1 atom stereocenters. The van der Waals surface area contributed by atoms with Crippen molar-refractivity contribution in [3.63, 3.8) is 0 Å². The Kier molecular flexibility index (Phi) is 3.76. The summed E-state index contributed by atoms with van der Waals surface area (Å²) in [5.41, 5.74) is 0.643. The Hall–Kier alpha value is -0.870. The van der Waals surface area contributed by atoms with Crippen molar-refractivity contribution in [1.82, 2.24) is 14.8 Å². The van der Waals surface area contributed by atoms with E-state index >= 15 is 0 Å². The molecule has 0 spiro atoms. The lowest BCUT2D eigenvalue weighted by Crippen LogP contribution is -2.45. The van der Waals surface area contributed by atoms with Gasteiger partial charge in [0.1, 0.15) is 6.33 Å². The Bertz CT molecular complexity index is 588. The summed E-state index contributed by atoms with van der Waals surface area (Å²) in [6.45, 7) is 8.65. The van der Waals surface area contributed by atoms with Crippen LogP contribution in [0, 0.1) is 5.41 Å². The molecule has 0 saturated carbocycles. The minimum Gasteiger partial charge on any atom is -0.225 e. The maximum absolute atomic E-state index is 6.21. The van der Waals surface area contributed by atoms with E-state index in [1.165, 1.54) is 6.33 Å². The first-order valence-electron chi connectivity index (χ1n) is 6.09. The Labute approximate surface area is 127 Å². The molecule has 5 heteroatoms. The highest BCUT2D eigenvalue weighted by molar-refractivity contribution is 9.10. The molecule has 0 aliphatic rings. The van der Waals surface area contributed by atoms with Gasteiger partial charge in [0.2, 0.25) is 5.28 Å². The van der Waals surface area contributed by atoms with Gasteiger partial charge in [-0.3, -0.25) is 0 Å². The van der Waals surface area contributed by atoms with Gasteiger partial charge in [-0.15, -0.1) is 0 Å². The van der Waals surface area contributed by atoms with Crippen molar-refractivity contribution in [3.8, 4) is 0 Å². The van der Waals surface area contributed by atoms with Gasteiger partial charge in [0.05, 0.1) is 5.54 Å². The zero-order valence-corrected chi connectivity index (χ0v) is 13.8. The predicted octanol–water partition coefficient (Wildman–Crippen LogP) is 4.50. The van der Waals surface area contributed by atoms with E-state index in [-0.39, 0.29) is 5.41 Å². The number of hydrogen-bond acceptors (Lipinski definition) is 2. The molecular weight excluding hydrogens is 326 g/mol. The second kappa shape index (κ2) is 4.91. The van der Waals surface area contributed by atoms with Crippen LogP contribution in [-0.2, 0) is 5.54 Å². The molecule has 1 unspecified atom stereocenters. The maximum atomic E-state index is 6.21. The molecule has 0 bridgehead atoms. The molecule has 19 heavy (non-hydrogen) atoms. The van der Waals surface area contributed by atoms with Crippen molar-refractivity contribution in [1.29, 1.82) is 0 Å². The molecule has 1 aromatic heterocycles. The van der Waals surface area contributed by atoms with E-state index in [1.54, 1.807) is 4.68 Å². The third-order valence-electron chi connectivity index (χ3n) is 3.79. The number of aromatic nitrogens is 3. The molecule has 1 aromatic carbocycles. The molecule has 2 rings (SSSR count). The lowest BCUT2D eigenvalue weighted by molar-refractivity contribution is 0.147. The SMILES string of the molecule is CC(C)(C)C(C)(c1ccccc1Br)n1ncnc1Cl. The molecule has 0 saturated heterocycles. The summed E-state index contributed by atoms with van der Waals surface area (Å²) >= 11 is 9.84. The fraction of sp³-hybridized carbons (Fsp3) is 0.429. The van der Waals surface area contributed by atoms with Crippen LogP contribution in [0.15, 0.2) is 35.1 Å². The van der Waals surface area contributed by atoms with E-state index in [0.29, 0.717) is 5.28 Å². The van der Waals surface area contributed by atoms with Crippen LogP contribution >= 0.6 is 27.5 Å². The van der Waals surface area contributed by atoms with E-state index in [2.05, 4.69) is 59.8 Å². The van der Waals surface area contributed by atoms with E-state index in [9.17, 15) is 0 Å². The van der Waals surface area contributed by atoms with Crippen LogP contribution in [0.1, 0.15) is 33.3 Å². The van der Waals surface area contributed by atoms with E-state index < -0.39 is 5.54 Å². The van der Waals surface area contributed by atoms with Gasteiger partial charge in [0.15, 0.2) is 0 Å². The van der Waals surface area contributed by atoms with Gasteiger partial charge in [-0.05, 0) is 35.6 Å². The second-order valence-corrected chi connectivity index (χ2v) is 6.94. The average Bonchev–Trinajstić information content (AvgIpc) is 2.74. The first kappa shape index (κ1) is 14.5. The number of halogens is 2. The van der Waals surface area contributed by atoms with Crippen molar-refractivity contribution in [2.24, 2.45) is 5.41 Å². The molecular formula is C14H17BrClN3. The standard InChI is InChI=1S/C14H17BrClN3/c1-13(2,3)14(4,19-12(16)17-9-18-19)10-7-5-6-8-11(10)15/h5-9H,1-4H3. The van der Waals surface area contributed by atoms with Crippen LogP contribution in [0.2, 0.25) is 5.28 Å². The van der Waals surface area contributed by atoms with Crippen molar-refractivity contribution in [2.75, 3.05) is 0 Å². The third kappa shape index (κ3) is 2.32. The Morgan fingerprint density at radius 2 is 1.79 bits per heavy atom. The lowest BCUT2D eigenvalue weighted by Gasteiger charge is -2.43. The summed E-state index contributed by atoms with van der Waals surface area (Å²) in [5.74, 6) is 0. The summed E-state index contributed by atoms with van der Waals surface area (Å²) < 4.78 is 2.83. The summed E-state index contributed by atoms with van der Waals surface area (Å²) in [6, 6.07) is 8.14. The van der Waals surface area contributed by atoms with Gasteiger partial charge >= 0.3 is 0 Å². The second-order valence-electron chi connectivity index (χ2n) is 5.74. The van der Waals surface area contributed by atoms with Crippen LogP contribution in [0.4, 0.5) is 0 Å². The zero-order valence-electron chi connectivity index (χ0n) is 11.5. The summed E-state index contributed by atoms with van der Waals surface area (Å²) in [4.78, 5) is 4.05. The largest absolute Gasteiger partial charge is 0.225 e. The third-order valence-corrected chi connectivity index (χ3v) is 4.74. The van der Waals surface area contributed by atoms with Crippen LogP contribution < -0.4 is 0 Å². The first-order chi connectivity index (χ1) is 8.78. The van der Waals surface area contributed by atoms with Gasteiger partial charge < -0.3 is 0 Å². The monoisotopic (exact) mass is 341 g/mol. The number of benzene rings is 1. The molecule has 0 amide bonds. The first-order valence-corrected chi connectivity index (χ1v) is 7.26. The minimum absolute atomic E-state index is 0.0891. The fourth-order valence-electron chi connectivity index (χ4n) is 2.22. The molecule has 0 N–H and O–H groups in total. The quantitative estimate of drug-likeness (QED) is 0.804. The van der Waals surface area contributed by atoms with Crippen molar-refractivity contribution in [3.05, 3.63) is 45.9 Å². The highest BCUT2D eigenvalue weighted by atomic mass is 79.9. The van der Waals surface area contributed by atoms with E-state index in [1.807, 2.05) is 18.2 Å². The van der Waals surface area contributed by atoms with Crippen LogP contribution in [0.25, 0.3) is 0 Å². The van der Waals surface area contributed by atoms with Crippen molar-refractivity contribution < 1.29 is 0 Å². The fourth-order valence-corrected chi connectivity index (χ4v) is 3.15. The number of rotatable bonds is 2. The van der Waals surface area contributed by atoms with Gasteiger partial charge in [0, 0.05) is 4.47 Å². The van der Waals surface area contributed by atoms with Crippen molar-refractivity contribution in [2.45, 2.75) is 33.2 Å². The molecule has 0 fully saturated rings. The predicted molar refractivity (Wildman–Crippen MR) is 81.4 cm³/mol. The van der Waals surface area contributed by atoms with Crippen LogP contribution in [0.5, 0.6) is 0 Å². The molecule has 102 valence electrons. The van der Waals surface area contributed by atoms with E-state index in [4.69, 9.17) is 11.6 Å². The van der Waals surface area contributed by atoms with Gasteiger partial charge in [-0.1, -0.05) is 54.9 Å². The summed E-state index contributed by atoms with van der Waals surface area (Å²) in [5, 5.41) is 4.72. The van der Waals surface area contributed by atoms with Crippen molar-refractivity contribution >= 4 is 27.5 Å². The molecule has 3 nitrogen and oxygen atoms in total. The highest BCUT2D eigenvalue weighted by Crippen LogP contribution is 2.45. The molecule has 1 heterocycles. The average molecular weight is 343 g/mol. The Balaban J connectivity index is 2.74. The van der Waals surface area contributed by atoms with Gasteiger partial charge in [0.25, 0.3) is 0 Å². The van der Waals surface area contributed by atoms with E-state index in [0.717, 1.165) is 10.0 Å². The normalized spacial score (nSPS) is 15.3. The van der Waals surface area contributed by atoms with Crippen LogP contribution in [0.3, 0.4) is 0 Å². The Morgan fingerprint density at radius 1 is 1.16 bits per heavy atom. The minimum atomic E-state index is -0.402. The highest BCUT2D eigenvalue weighted by Gasteiger charge is 2.44. The molecule has 0 radical (unpaired) electrons. The lowest BCUT2D eigenvalue weighted by atomic mass is 9.70. The maximum Gasteiger partial charge on any atom is 0.221 e.